The van der Waals surface area contributed by atoms with Crippen molar-refractivity contribution in [3.05, 3.63) is 18.3 Å². The van der Waals surface area contributed by atoms with Crippen molar-refractivity contribution in [1.29, 1.82) is 0 Å². The largest absolute Gasteiger partial charge is 0.397 e. The molecule has 0 aliphatic carbocycles. The molecule has 0 saturated heterocycles. The van der Waals surface area contributed by atoms with E-state index in [-0.39, 0.29) is 6.61 Å². The molecule has 0 fully saturated rings. The molecule has 3 nitrogen and oxygen atoms in total. The van der Waals surface area contributed by atoms with Crippen LogP contribution in [0.4, 0.5) is 5.69 Å². The van der Waals surface area contributed by atoms with Gasteiger partial charge in [0.25, 0.3) is 0 Å². The van der Waals surface area contributed by atoms with Gasteiger partial charge in [0.2, 0.25) is 0 Å². The maximum atomic E-state index is 8.53. The molecule has 1 aromatic heterocycles. The van der Waals surface area contributed by atoms with E-state index in [1.807, 2.05) is 0 Å². The SMILES string of the molecule is Nc1cccnc1SCCO. The smallest absolute Gasteiger partial charge is 0.119 e. The third-order valence-electron chi connectivity index (χ3n) is 1.13. The minimum absolute atomic E-state index is 0.153. The minimum atomic E-state index is 0.153. The third kappa shape index (κ3) is 2.40. The molecule has 4 heteroatoms. The number of thioether (sulfide) groups is 1. The molecule has 1 rings (SSSR count). The standard InChI is InChI=1S/C7H10N2OS/c8-6-2-1-3-9-7(6)11-5-4-10/h1-3,10H,4-5,8H2. The Labute approximate surface area is 69.6 Å². The zero-order valence-corrected chi connectivity index (χ0v) is 6.84. The maximum Gasteiger partial charge on any atom is 0.119 e. The van der Waals surface area contributed by atoms with E-state index in [0.29, 0.717) is 11.4 Å². The number of aliphatic hydroxyl groups excluding tert-OH is 1. The number of rotatable bonds is 3. The first-order valence-electron chi connectivity index (χ1n) is 3.28. The van der Waals surface area contributed by atoms with Crippen LogP contribution in [0.2, 0.25) is 0 Å². The van der Waals surface area contributed by atoms with E-state index >= 15 is 0 Å². The lowest BCUT2D eigenvalue weighted by molar-refractivity contribution is 0.322. The zero-order valence-electron chi connectivity index (χ0n) is 6.03. The van der Waals surface area contributed by atoms with Crippen molar-refractivity contribution >= 4 is 17.4 Å². The van der Waals surface area contributed by atoms with Crippen molar-refractivity contribution in [1.82, 2.24) is 4.98 Å². The molecule has 1 aromatic rings. The summed E-state index contributed by atoms with van der Waals surface area (Å²) >= 11 is 1.46. The van der Waals surface area contributed by atoms with Crippen LogP contribution in [0.15, 0.2) is 23.4 Å². The van der Waals surface area contributed by atoms with E-state index in [4.69, 9.17) is 10.8 Å². The molecule has 0 radical (unpaired) electrons. The summed E-state index contributed by atoms with van der Waals surface area (Å²) in [5.41, 5.74) is 6.27. The number of hydrogen-bond acceptors (Lipinski definition) is 4. The first kappa shape index (κ1) is 8.36. The van der Waals surface area contributed by atoms with Crippen molar-refractivity contribution in [2.75, 3.05) is 18.1 Å². The van der Waals surface area contributed by atoms with Gasteiger partial charge < -0.3 is 10.8 Å². The lowest BCUT2D eigenvalue weighted by Gasteiger charge is -2.00. The summed E-state index contributed by atoms with van der Waals surface area (Å²) in [6.45, 7) is 0.153. The van der Waals surface area contributed by atoms with Gasteiger partial charge in [-0.15, -0.1) is 11.8 Å². The molecule has 0 aliphatic rings. The van der Waals surface area contributed by atoms with Crippen LogP contribution in [0, 0.1) is 0 Å². The number of nitrogen functional groups attached to an aromatic ring is 1. The molecule has 0 unspecified atom stereocenters. The van der Waals surface area contributed by atoms with Crippen LogP contribution in [0.3, 0.4) is 0 Å². The van der Waals surface area contributed by atoms with E-state index in [1.54, 1.807) is 18.3 Å². The highest BCUT2D eigenvalue weighted by molar-refractivity contribution is 7.99. The van der Waals surface area contributed by atoms with Crippen LogP contribution < -0.4 is 5.73 Å². The highest BCUT2D eigenvalue weighted by Gasteiger charge is 1.97. The Bertz CT molecular complexity index is 229. The number of aromatic nitrogens is 1. The summed E-state index contributed by atoms with van der Waals surface area (Å²) in [7, 11) is 0. The van der Waals surface area contributed by atoms with Gasteiger partial charge in [-0.1, -0.05) is 0 Å². The number of nitrogens with zero attached hydrogens (tertiary/aromatic N) is 1. The quantitative estimate of drug-likeness (QED) is 0.657. The van der Waals surface area contributed by atoms with Gasteiger partial charge in [0.1, 0.15) is 5.03 Å². The fourth-order valence-electron chi connectivity index (χ4n) is 0.666. The number of hydrogen-bond donors (Lipinski definition) is 2. The molecular formula is C7H10N2OS. The van der Waals surface area contributed by atoms with Crippen LogP contribution in [-0.4, -0.2) is 22.5 Å². The molecule has 11 heavy (non-hydrogen) atoms. The summed E-state index contributed by atoms with van der Waals surface area (Å²) in [6.07, 6.45) is 1.69. The molecule has 0 aliphatic heterocycles. The van der Waals surface area contributed by atoms with Crippen molar-refractivity contribution in [2.45, 2.75) is 5.03 Å². The van der Waals surface area contributed by atoms with E-state index in [2.05, 4.69) is 4.98 Å². The van der Waals surface area contributed by atoms with Gasteiger partial charge >= 0.3 is 0 Å². The second kappa shape index (κ2) is 4.20. The van der Waals surface area contributed by atoms with Gasteiger partial charge in [0, 0.05) is 11.9 Å². The van der Waals surface area contributed by atoms with Gasteiger partial charge in [-0.2, -0.15) is 0 Å². The zero-order chi connectivity index (χ0) is 8.10. The topological polar surface area (TPSA) is 59.1 Å². The summed E-state index contributed by atoms with van der Waals surface area (Å²) in [5.74, 6) is 0.640. The van der Waals surface area contributed by atoms with Crippen LogP contribution in [0.5, 0.6) is 0 Å². The van der Waals surface area contributed by atoms with E-state index in [0.717, 1.165) is 5.03 Å². The lowest BCUT2D eigenvalue weighted by atomic mass is 10.4. The van der Waals surface area contributed by atoms with Crippen molar-refractivity contribution < 1.29 is 5.11 Å². The Morgan fingerprint density at radius 3 is 3.09 bits per heavy atom. The van der Waals surface area contributed by atoms with Crippen molar-refractivity contribution in [3.8, 4) is 0 Å². The molecule has 0 saturated carbocycles. The molecule has 3 N–H and O–H groups in total. The summed E-state index contributed by atoms with van der Waals surface area (Å²) in [4.78, 5) is 4.04. The van der Waals surface area contributed by atoms with Crippen LogP contribution in [0.25, 0.3) is 0 Å². The highest BCUT2D eigenvalue weighted by Crippen LogP contribution is 2.20. The van der Waals surface area contributed by atoms with E-state index in [9.17, 15) is 0 Å². The Morgan fingerprint density at radius 1 is 1.64 bits per heavy atom. The molecule has 0 spiro atoms. The van der Waals surface area contributed by atoms with Gasteiger partial charge in [-0.05, 0) is 12.1 Å². The number of nitrogens with two attached hydrogens (primary N) is 1. The Hall–Kier alpha value is -0.740. The first-order chi connectivity index (χ1) is 5.34. The number of pyridine rings is 1. The van der Waals surface area contributed by atoms with Crippen molar-refractivity contribution in [3.63, 3.8) is 0 Å². The summed E-state index contributed by atoms with van der Waals surface area (Å²) < 4.78 is 0. The monoisotopic (exact) mass is 170 g/mol. The van der Waals surface area contributed by atoms with Crippen LogP contribution in [-0.2, 0) is 0 Å². The van der Waals surface area contributed by atoms with Crippen molar-refractivity contribution in [2.24, 2.45) is 0 Å². The Kier molecular flexibility index (Phi) is 3.19. The summed E-state index contributed by atoms with van der Waals surface area (Å²) in [6, 6.07) is 3.59. The number of aliphatic hydroxyl groups is 1. The molecule has 60 valence electrons. The summed E-state index contributed by atoms with van der Waals surface area (Å²) in [5, 5.41) is 9.32. The van der Waals surface area contributed by atoms with Crippen LogP contribution in [0.1, 0.15) is 0 Å². The molecular weight excluding hydrogens is 160 g/mol. The Morgan fingerprint density at radius 2 is 2.45 bits per heavy atom. The third-order valence-corrected chi connectivity index (χ3v) is 2.13. The molecule has 0 bridgehead atoms. The number of anilines is 1. The molecule has 0 atom stereocenters. The Balaban J connectivity index is 2.62. The van der Waals surface area contributed by atoms with Gasteiger partial charge in [-0.25, -0.2) is 4.98 Å². The first-order valence-corrected chi connectivity index (χ1v) is 4.27. The normalized spacial score (nSPS) is 9.91. The van der Waals surface area contributed by atoms with Gasteiger partial charge in [-0.3, -0.25) is 0 Å². The second-order valence-electron chi connectivity index (χ2n) is 1.97. The fraction of sp³-hybridized carbons (Fsp3) is 0.286. The second-order valence-corrected chi connectivity index (χ2v) is 3.05. The van der Waals surface area contributed by atoms with Gasteiger partial charge in [0.15, 0.2) is 0 Å². The lowest BCUT2D eigenvalue weighted by Crippen LogP contribution is -1.93. The van der Waals surface area contributed by atoms with E-state index < -0.39 is 0 Å². The maximum absolute atomic E-state index is 8.53. The predicted molar refractivity (Wildman–Crippen MR) is 46.5 cm³/mol. The van der Waals surface area contributed by atoms with Gasteiger partial charge in [0.05, 0.1) is 12.3 Å². The molecule has 1 heterocycles. The average Bonchev–Trinajstić information content (AvgIpc) is 2.03. The van der Waals surface area contributed by atoms with E-state index in [1.165, 1.54) is 11.8 Å². The minimum Gasteiger partial charge on any atom is -0.397 e. The molecule has 0 amide bonds. The van der Waals surface area contributed by atoms with Crippen LogP contribution >= 0.6 is 11.8 Å². The fourth-order valence-corrected chi connectivity index (χ4v) is 1.32. The average molecular weight is 170 g/mol. The predicted octanol–water partition coefficient (Wildman–Crippen LogP) is 0.748. The highest BCUT2D eigenvalue weighted by atomic mass is 32.2. The molecule has 0 aromatic carbocycles.